The van der Waals surface area contributed by atoms with Crippen molar-refractivity contribution in [3.8, 4) is 0 Å². The van der Waals surface area contributed by atoms with E-state index in [-0.39, 0.29) is 0 Å². The van der Waals surface area contributed by atoms with E-state index in [0.717, 1.165) is 17.8 Å². The minimum atomic E-state index is 0.427. The van der Waals surface area contributed by atoms with Gasteiger partial charge in [0.05, 0.1) is 0 Å². The van der Waals surface area contributed by atoms with Gasteiger partial charge in [0.15, 0.2) is 0 Å². The zero-order chi connectivity index (χ0) is 20.9. The predicted octanol–water partition coefficient (Wildman–Crippen LogP) is 8.73. The summed E-state index contributed by atoms with van der Waals surface area (Å²) < 4.78 is 0. The molecule has 7 atom stereocenters. The maximum Gasteiger partial charge on any atom is -0.00565 e. The number of hydrogen-bond acceptors (Lipinski definition) is 0. The average molecular weight is 395 g/mol. The molecule has 0 saturated heterocycles. The number of rotatable bonds is 0. The lowest BCUT2D eigenvalue weighted by molar-refractivity contribution is -0.142. The molecule has 5 rings (SSSR count). The van der Waals surface area contributed by atoms with Gasteiger partial charge in [-0.05, 0) is 116 Å². The van der Waals surface area contributed by atoms with Crippen LogP contribution in [0.2, 0.25) is 0 Å². The molecule has 5 aliphatic carbocycles. The molecule has 0 spiro atoms. The van der Waals surface area contributed by atoms with E-state index in [1.807, 2.05) is 5.57 Å². The predicted molar refractivity (Wildman–Crippen MR) is 125 cm³/mol. The second kappa shape index (κ2) is 6.04. The van der Waals surface area contributed by atoms with Gasteiger partial charge in [0.25, 0.3) is 0 Å². The molecule has 3 saturated carbocycles. The van der Waals surface area contributed by atoms with Crippen LogP contribution in [0, 0.1) is 44.8 Å². The molecule has 7 unspecified atom stereocenters. The van der Waals surface area contributed by atoms with Crippen LogP contribution in [0.1, 0.15) is 113 Å². The maximum absolute atomic E-state index is 2.83. The molecule has 3 fully saturated rings. The molecule has 0 heterocycles. The Morgan fingerprint density at radius 3 is 2.28 bits per heavy atom. The highest BCUT2D eigenvalue weighted by atomic mass is 14.7. The van der Waals surface area contributed by atoms with Crippen LogP contribution < -0.4 is 0 Å². The molecule has 0 bridgehead atoms. The van der Waals surface area contributed by atoms with Crippen molar-refractivity contribution >= 4 is 0 Å². The largest absolute Gasteiger partial charge is 0.0853 e. The molecular formula is C29H46. The van der Waals surface area contributed by atoms with Crippen molar-refractivity contribution < 1.29 is 0 Å². The second-order valence-electron chi connectivity index (χ2n) is 13.9. The monoisotopic (exact) mass is 394 g/mol. The van der Waals surface area contributed by atoms with E-state index in [0.29, 0.717) is 27.1 Å². The van der Waals surface area contributed by atoms with Gasteiger partial charge in [0.2, 0.25) is 0 Å². The summed E-state index contributed by atoms with van der Waals surface area (Å²) >= 11 is 0. The van der Waals surface area contributed by atoms with E-state index in [1.165, 1.54) is 64.2 Å². The highest BCUT2D eigenvalue weighted by Gasteiger charge is 2.65. The summed E-state index contributed by atoms with van der Waals surface area (Å²) in [4.78, 5) is 0. The first-order chi connectivity index (χ1) is 13.5. The number of fused-ring (bicyclic) bond motifs is 7. The zero-order valence-electron chi connectivity index (χ0n) is 20.5. The first-order valence-electron chi connectivity index (χ1n) is 12.8. The van der Waals surface area contributed by atoms with Gasteiger partial charge in [-0.15, -0.1) is 0 Å². The third-order valence-corrected chi connectivity index (χ3v) is 12.0. The summed E-state index contributed by atoms with van der Waals surface area (Å²) in [6.45, 7) is 18.3. The summed E-state index contributed by atoms with van der Waals surface area (Å²) in [6.07, 6.45) is 19.6. The Bertz CT molecular complexity index is 767. The fraction of sp³-hybridized carbons (Fsp3) is 0.862. The van der Waals surface area contributed by atoms with Gasteiger partial charge in [0.1, 0.15) is 0 Å². The maximum atomic E-state index is 2.83. The van der Waals surface area contributed by atoms with Gasteiger partial charge in [-0.2, -0.15) is 0 Å². The van der Waals surface area contributed by atoms with E-state index >= 15 is 0 Å². The van der Waals surface area contributed by atoms with Gasteiger partial charge in [0, 0.05) is 0 Å². The van der Waals surface area contributed by atoms with Crippen LogP contribution in [-0.4, -0.2) is 0 Å². The van der Waals surface area contributed by atoms with E-state index in [2.05, 4.69) is 60.6 Å². The van der Waals surface area contributed by atoms with E-state index < -0.39 is 0 Å². The molecule has 29 heavy (non-hydrogen) atoms. The molecule has 0 N–H and O–H groups in total. The van der Waals surface area contributed by atoms with Crippen molar-refractivity contribution in [2.75, 3.05) is 0 Å². The van der Waals surface area contributed by atoms with Gasteiger partial charge in [-0.25, -0.2) is 0 Å². The Morgan fingerprint density at radius 2 is 1.52 bits per heavy atom. The molecule has 5 aliphatic rings. The first kappa shape index (κ1) is 20.4. The topological polar surface area (TPSA) is 0 Å². The number of allylic oxidation sites excluding steroid dienone is 4. The van der Waals surface area contributed by atoms with Crippen molar-refractivity contribution in [1.82, 2.24) is 0 Å². The van der Waals surface area contributed by atoms with Crippen LogP contribution in [0.3, 0.4) is 0 Å². The summed E-state index contributed by atoms with van der Waals surface area (Å²) in [5, 5.41) is 0. The summed E-state index contributed by atoms with van der Waals surface area (Å²) in [6, 6.07) is 0. The lowest BCUT2D eigenvalue weighted by Crippen LogP contribution is -2.61. The minimum Gasteiger partial charge on any atom is -0.0853 e. The normalized spacial score (nSPS) is 53.6. The second-order valence-corrected chi connectivity index (χ2v) is 13.9. The van der Waals surface area contributed by atoms with Crippen LogP contribution in [0.5, 0.6) is 0 Å². The van der Waals surface area contributed by atoms with Crippen LogP contribution >= 0.6 is 0 Å². The van der Waals surface area contributed by atoms with Crippen molar-refractivity contribution in [3.63, 3.8) is 0 Å². The van der Waals surface area contributed by atoms with Crippen LogP contribution in [0.15, 0.2) is 23.3 Å². The van der Waals surface area contributed by atoms with Crippen molar-refractivity contribution in [2.45, 2.75) is 113 Å². The van der Waals surface area contributed by atoms with E-state index in [1.54, 1.807) is 5.57 Å². The SMILES string of the molecule is CC1=CCCC2(C)C1CCC1(C)C2CC=C2C3CC(C)(C)CCC3(C)CCC21C. The smallest absolute Gasteiger partial charge is 0.00565 e. The highest BCUT2D eigenvalue weighted by Crippen LogP contribution is 2.74. The molecular weight excluding hydrogens is 348 g/mol. The quantitative estimate of drug-likeness (QED) is 0.360. The lowest BCUT2D eigenvalue weighted by Gasteiger charge is -2.69. The molecule has 0 aromatic carbocycles. The van der Waals surface area contributed by atoms with E-state index in [9.17, 15) is 0 Å². The van der Waals surface area contributed by atoms with Gasteiger partial charge >= 0.3 is 0 Å². The summed E-state index contributed by atoms with van der Waals surface area (Å²) in [5.41, 5.74) is 6.16. The molecule has 0 aromatic rings. The van der Waals surface area contributed by atoms with Crippen molar-refractivity contribution in [2.24, 2.45) is 44.8 Å². The molecule has 0 aromatic heterocycles. The standard InChI is InChI=1S/C29H46/c1-20-9-8-13-27(5)21(20)12-14-29(7)24(27)11-10-22-23-19-25(2,3)15-16-26(23,4)17-18-28(22,29)6/h9-10,21,23-24H,8,11-19H2,1-7H3. The Kier molecular flexibility index (Phi) is 4.25. The fourth-order valence-corrected chi connectivity index (χ4v) is 9.73. The summed E-state index contributed by atoms with van der Waals surface area (Å²) in [5.74, 6) is 2.55. The Labute approximate surface area is 181 Å². The molecule has 0 amide bonds. The van der Waals surface area contributed by atoms with Crippen LogP contribution in [0.4, 0.5) is 0 Å². The lowest BCUT2D eigenvalue weighted by atomic mass is 9.35. The first-order valence-corrected chi connectivity index (χ1v) is 12.8. The van der Waals surface area contributed by atoms with Crippen LogP contribution in [0.25, 0.3) is 0 Å². The Morgan fingerprint density at radius 1 is 0.793 bits per heavy atom. The Hall–Kier alpha value is -0.520. The van der Waals surface area contributed by atoms with Gasteiger partial charge < -0.3 is 0 Å². The van der Waals surface area contributed by atoms with E-state index in [4.69, 9.17) is 0 Å². The highest BCUT2D eigenvalue weighted by molar-refractivity contribution is 5.34. The van der Waals surface area contributed by atoms with Crippen molar-refractivity contribution in [3.05, 3.63) is 23.3 Å². The van der Waals surface area contributed by atoms with Crippen molar-refractivity contribution in [1.29, 1.82) is 0 Å². The minimum absolute atomic E-state index is 0.427. The molecule has 0 radical (unpaired) electrons. The zero-order valence-corrected chi connectivity index (χ0v) is 20.5. The number of hydrogen-bond donors (Lipinski definition) is 0. The molecule has 0 heteroatoms. The fourth-order valence-electron chi connectivity index (χ4n) is 9.73. The average Bonchev–Trinajstić information content (AvgIpc) is 2.63. The summed E-state index contributed by atoms with van der Waals surface area (Å²) in [7, 11) is 0. The third kappa shape index (κ3) is 2.56. The molecule has 162 valence electrons. The molecule has 0 aliphatic heterocycles. The molecule has 0 nitrogen and oxygen atoms in total. The van der Waals surface area contributed by atoms with Gasteiger partial charge in [-0.3, -0.25) is 0 Å². The van der Waals surface area contributed by atoms with Crippen LogP contribution in [-0.2, 0) is 0 Å². The van der Waals surface area contributed by atoms with Gasteiger partial charge in [-0.1, -0.05) is 64.8 Å². The Balaban J connectivity index is 1.58. The third-order valence-electron chi connectivity index (χ3n) is 12.0.